The summed E-state index contributed by atoms with van der Waals surface area (Å²) in [5.74, 6) is 0.507. The fourth-order valence-electron chi connectivity index (χ4n) is 1.50. The molecule has 0 saturated heterocycles. The van der Waals surface area contributed by atoms with Gasteiger partial charge >= 0.3 is 0 Å². The highest BCUT2D eigenvalue weighted by molar-refractivity contribution is 7.07. The molecule has 0 N–H and O–H groups in total. The van der Waals surface area contributed by atoms with E-state index in [2.05, 4.69) is 30.4 Å². The van der Waals surface area contributed by atoms with Gasteiger partial charge in [-0.1, -0.05) is 32.0 Å². The predicted octanol–water partition coefficient (Wildman–Crippen LogP) is 4.10. The summed E-state index contributed by atoms with van der Waals surface area (Å²) in [5, 5.41) is 1.46. The van der Waals surface area contributed by atoms with Gasteiger partial charge in [-0.25, -0.2) is 0 Å². The summed E-state index contributed by atoms with van der Waals surface area (Å²) in [6, 6.07) is 8.25. The molecule has 1 aromatic heterocycles. The van der Waals surface area contributed by atoms with Crippen molar-refractivity contribution in [2.45, 2.75) is 25.6 Å². The molecule has 1 aromatic carbocycles. The van der Waals surface area contributed by atoms with E-state index < -0.39 is 0 Å². The normalized spacial score (nSPS) is 13.6. The molecule has 0 aliphatic rings. The molecule has 0 aliphatic heterocycles. The lowest BCUT2D eigenvalue weighted by Gasteiger charge is -2.11. The van der Waals surface area contributed by atoms with E-state index in [9.17, 15) is 0 Å². The van der Waals surface area contributed by atoms with Crippen LogP contribution in [0, 0.1) is 5.92 Å². The van der Waals surface area contributed by atoms with E-state index in [0.717, 1.165) is 11.9 Å². The SMILES string of the molecule is CC(C)C(Cl)Cc1snc2ccccc12. The zero-order chi connectivity index (χ0) is 10.8. The minimum Gasteiger partial charge on any atom is -0.192 e. The molecule has 3 heteroatoms. The molecule has 1 unspecified atom stereocenters. The van der Waals surface area contributed by atoms with Crippen LogP contribution in [0.4, 0.5) is 0 Å². The lowest BCUT2D eigenvalue weighted by Crippen LogP contribution is -2.10. The summed E-state index contributed by atoms with van der Waals surface area (Å²) in [4.78, 5) is 1.30. The number of alkyl halides is 1. The molecule has 0 amide bonds. The molecular weight excluding hydrogens is 226 g/mol. The van der Waals surface area contributed by atoms with E-state index in [-0.39, 0.29) is 5.38 Å². The first kappa shape index (κ1) is 10.9. The number of hydrogen-bond acceptors (Lipinski definition) is 2. The van der Waals surface area contributed by atoms with Gasteiger partial charge in [0.25, 0.3) is 0 Å². The van der Waals surface area contributed by atoms with Crippen LogP contribution in [0.3, 0.4) is 0 Å². The summed E-state index contributed by atoms with van der Waals surface area (Å²) >= 11 is 7.86. The Balaban J connectivity index is 2.29. The first-order valence-corrected chi connectivity index (χ1v) is 6.37. The third-order valence-electron chi connectivity index (χ3n) is 2.56. The number of halogens is 1. The standard InChI is InChI=1S/C12H14ClNS/c1-8(2)10(13)7-12-9-5-3-4-6-11(9)14-15-12/h3-6,8,10H,7H2,1-2H3. The van der Waals surface area contributed by atoms with Crippen LogP contribution in [-0.2, 0) is 6.42 Å². The first-order valence-electron chi connectivity index (χ1n) is 5.16. The van der Waals surface area contributed by atoms with Crippen molar-refractivity contribution in [1.82, 2.24) is 4.37 Å². The first-order chi connectivity index (χ1) is 7.18. The van der Waals surface area contributed by atoms with Crippen LogP contribution in [0.25, 0.3) is 10.9 Å². The van der Waals surface area contributed by atoms with Crippen molar-refractivity contribution in [2.24, 2.45) is 5.92 Å². The zero-order valence-electron chi connectivity index (χ0n) is 8.90. The topological polar surface area (TPSA) is 12.9 Å². The summed E-state index contributed by atoms with van der Waals surface area (Å²) in [6.45, 7) is 4.31. The molecule has 0 saturated carbocycles. The maximum atomic E-state index is 6.29. The van der Waals surface area contributed by atoms with E-state index >= 15 is 0 Å². The largest absolute Gasteiger partial charge is 0.192 e. The number of hydrogen-bond donors (Lipinski definition) is 0. The van der Waals surface area contributed by atoms with Crippen molar-refractivity contribution < 1.29 is 0 Å². The van der Waals surface area contributed by atoms with E-state index in [1.54, 1.807) is 11.5 Å². The lowest BCUT2D eigenvalue weighted by atomic mass is 10.1. The highest BCUT2D eigenvalue weighted by atomic mass is 35.5. The molecule has 0 bridgehead atoms. The Bertz CT molecular complexity index is 450. The van der Waals surface area contributed by atoms with Gasteiger partial charge in [0.05, 0.1) is 5.52 Å². The minimum absolute atomic E-state index is 0.203. The maximum Gasteiger partial charge on any atom is 0.0843 e. The monoisotopic (exact) mass is 239 g/mol. The molecule has 1 heterocycles. The van der Waals surface area contributed by atoms with Gasteiger partial charge in [0, 0.05) is 22.1 Å². The summed E-state index contributed by atoms with van der Waals surface area (Å²) in [7, 11) is 0. The highest BCUT2D eigenvalue weighted by Gasteiger charge is 2.14. The highest BCUT2D eigenvalue weighted by Crippen LogP contribution is 2.26. The lowest BCUT2D eigenvalue weighted by molar-refractivity contribution is 0.600. The van der Waals surface area contributed by atoms with Gasteiger partial charge < -0.3 is 0 Å². The second-order valence-electron chi connectivity index (χ2n) is 4.09. The Morgan fingerprint density at radius 2 is 2.07 bits per heavy atom. The van der Waals surface area contributed by atoms with Crippen LogP contribution in [0.5, 0.6) is 0 Å². The number of benzene rings is 1. The van der Waals surface area contributed by atoms with Gasteiger partial charge in [-0.15, -0.1) is 11.6 Å². The van der Waals surface area contributed by atoms with Crippen LogP contribution < -0.4 is 0 Å². The van der Waals surface area contributed by atoms with Crippen LogP contribution in [0.15, 0.2) is 24.3 Å². The van der Waals surface area contributed by atoms with Crippen LogP contribution in [0.1, 0.15) is 18.7 Å². The van der Waals surface area contributed by atoms with E-state index in [1.807, 2.05) is 12.1 Å². The Hall–Kier alpha value is -0.600. The van der Waals surface area contributed by atoms with E-state index in [1.165, 1.54) is 10.3 Å². The van der Waals surface area contributed by atoms with Crippen LogP contribution in [-0.4, -0.2) is 9.75 Å². The second-order valence-corrected chi connectivity index (χ2v) is 5.51. The van der Waals surface area contributed by atoms with Gasteiger partial charge in [0.2, 0.25) is 0 Å². The molecule has 0 aliphatic carbocycles. The number of fused-ring (bicyclic) bond motifs is 1. The van der Waals surface area contributed by atoms with E-state index in [4.69, 9.17) is 11.6 Å². The smallest absolute Gasteiger partial charge is 0.0843 e. The molecule has 2 rings (SSSR count). The summed E-state index contributed by atoms with van der Waals surface area (Å²) in [5.41, 5.74) is 1.09. The third-order valence-corrected chi connectivity index (χ3v) is 4.12. The number of aromatic nitrogens is 1. The van der Waals surface area contributed by atoms with Crippen molar-refractivity contribution in [3.63, 3.8) is 0 Å². The van der Waals surface area contributed by atoms with Gasteiger partial charge in [0.15, 0.2) is 0 Å². The Labute approximate surface area is 99.2 Å². The fourth-order valence-corrected chi connectivity index (χ4v) is 2.64. The molecule has 80 valence electrons. The van der Waals surface area contributed by atoms with E-state index in [0.29, 0.717) is 5.92 Å². The molecule has 1 nitrogen and oxygen atoms in total. The van der Waals surface area contributed by atoms with Gasteiger partial charge in [-0.2, -0.15) is 4.37 Å². The Kier molecular flexibility index (Phi) is 3.27. The van der Waals surface area contributed by atoms with Crippen molar-refractivity contribution in [3.8, 4) is 0 Å². The summed E-state index contributed by atoms with van der Waals surface area (Å²) in [6.07, 6.45) is 0.921. The number of rotatable bonds is 3. The van der Waals surface area contributed by atoms with Crippen molar-refractivity contribution in [2.75, 3.05) is 0 Å². The predicted molar refractivity (Wildman–Crippen MR) is 67.8 cm³/mol. The van der Waals surface area contributed by atoms with Gasteiger partial charge in [0.1, 0.15) is 0 Å². The third kappa shape index (κ3) is 2.32. The average molecular weight is 240 g/mol. The minimum atomic E-state index is 0.203. The van der Waals surface area contributed by atoms with Crippen molar-refractivity contribution in [1.29, 1.82) is 0 Å². The molecule has 1 atom stereocenters. The molecule has 0 fully saturated rings. The quantitative estimate of drug-likeness (QED) is 0.735. The Morgan fingerprint density at radius 3 is 2.80 bits per heavy atom. The summed E-state index contributed by atoms with van der Waals surface area (Å²) < 4.78 is 4.41. The van der Waals surface area contributed by atoms with Crippen LogP contribution >= 0.6 is 23.1 Å². The van der Waals surface area contributed by atoms with Crippen molar-refractivity contribution >= 4 is 34.0 Å². The van der Waals surface area contributed by atoms with Gasteiger partial charge in [-0.3, -0.25) is 0 Å². The maximum absolute atomic E-state index is 6.29. The molecule has 0 radical (unpaired) electrons. The molecular formula is C12H14ClNS. The number of nitrogens with zero attached hydrogens (tertiary/aromatic N) is 1. The second kappa shape index (κ2) is 4.50. The zero-order valence-corrected chi connectivity index (χ0v) is 10.5. The van der Waals surface area contributed by atoms with Gasteiger partial charge in [-0.05, 0) is 23.5 Å². The molecule has 15 heavy (non-hydrogen) atoms. The van der Waals surface area contributed by atoms with Crippen molar-refractivity contribution in [3.05, 3.63) is 29.1 Å². The molecule has 2 aromatic rings. The molecule has 0 spiro atoms. The Morgan fingerprint density at radius 1 is 1.33 bits per heavy atom. The van der Waals surface area contributed by atoms with Crippen LogP contribution in [0.2, 0.25) is 0 Å². The fraction of sp³-hybridized carbons (Fsp3) is 0.417. The average Bonchev–Trinajstić information content (AvgIpc) is 2.62.